The topological polar surface area (TPSA) is 55.6 Å². The smallest absolute Gasteiger partial charge is 0.416 e. The highest BCUT2D eigenvalue weighted by Crippen LogP contribution is 2.45. The lowest BCUT2D eigenvalue weighted by molar-refractivity contribution is -0.138. The number of halogens is 3. The zero-order valence-electron chi connectivity index (χ0n) is 16.0. The molecule has 2 aliphatic rings. The fraction of sp³-hybridized carbons (Fsp3) is 0.409. The number of fused-ring (bicyclic) bond motifs is 2. The van der Waals surface area contributed by atoms with Gasteiger partial charge in [0.15, 0.2) is 0 Å². The van der Waals surface area contributed by atoms with Gasteiger partial charge >= 0.3 is 6.18 Å². The number of hydrogen-bond acceptors (Lipinski definition) is 3. The molecule has 2 aromatic rings. The molecule has 29 heavy (non-hydrogen) atoms. The average molecular weight is 404 g/mol. The van der Waals surface area contributed by atoms with Gasteiger partial charge in [0.25, 0.3) is 0 Å². The maximum absolute atomic E-state index is 12.9. The Morgan fingerprint density at radius 3 is 2.55 bits per heavy atom. The number of piperidine rings is 1. The highest BCUT2D eigenvalue weighted by Gasteiger charge is 2.43. The molecule has 1 saturated heterocycles. The number of nitrogens with two attached hydrogens (primary N) is 1. The summed E-state index contributed by atoms with van der Waals surface area (Å²) < 4.78 is 44.5. The van der Waals surface area contributed by atoms with E-state index in [0.717, 1.165) is 41.9 Å². The van der Waals surface area contributed by atoms with E-state index in [2.05, 4.69) is 6.07 Å². The van der Waals surface area contributed by atoms with Crippen LogP contribution in [-0.4, -0.2) is 30.5 Å². The molecule has 2 N–H and O–H groups in total. The van der Waals surface area contributed by atoms with Crippen LogP contribution in [0.3, 0.4) is 0 Å². The Kier molecular flexibility index (Phi) is 5.02. The van der Waals surface area contributed by atoms with Gasteiger partial charge in [0.05, 0.1) is 18.6 Å². The molecule has 1 spiro atoms. The zero-order valence-corrected chi connectivity index (χ0v) is 16.0. The number of benzene rings is 2. The van der Waals surface area contributed by atoms with Gasteiger partial charge in [-0.05, 0) is 36.1 Å². The van der Waals surface area contributed by atoms with Crippen LogP contribution >= 0.6 is 0 Å². The first-order valence-electron chi connectivity index (χ1n) is 9.71. The van der Waals surface area contributed by atoms with E-state index in [-0.39, 0.29) is 17.7 Å². The molecule has 2 aromatic carbocycles. The van der Waals surface area contributed by atoms with Crippen LogP contribution in [0.2, 0.25) is 0 Å². The number of carbonyl (C=O) groups excluding carboxylic acids is 1. The van der Waals surface area contributed by atoms with E-state index in [1.165, 1.54) is 6.07 Å². The Bertz CT molecular complexity index is 919. The number of carbonyl (C=O) groups is 1. The predicted molar refractivity (Wildman–Crippen MR) is 102 cm³/mol. The Morgan fingerprint density at radius 2 is 1.86 bits per heavy atom. The van der Waals surface area contributed by atoms with E-state index in [0.29, 0.717) is 31.8 Å². The molecule has 2 aliphatic heterocycles. The van der Waals surface area contributed by atoms with Gasteiger partial charge in [-0.2, -0.15) is 13.2 Å². The second-order valence-electron chi connectivity index (χ2n) is 7.86. The van der Waals surface area contributed by atoms with Crippen LogP contribution in [0.15, 0.2) is 42.5 Å². The second kappa shape index (κ2) is 7.37. The van der Waals surface area contributed by atoms with Gasteiger partial charge in [0.2, 0.25) is 5.91 Å². The van der Waals surface area contributed by atoms with Crippen LogP contribution in [0.5, 0.6) is 5.75 Å². The normalized spacial score (nSPS) is 17.9. The van der Waals surface area contributed by atoms with Crippen molar-refractivity contribution in [2.75, 3.05) is 19.7 Å². The van der Waals surface area contributed by atoms with Crippen molar-refractivity contribution >= 4 is 5.91 Å². The molecule has 0 aromatic heterocycles. The SMILES string of the molecule is NCc1ccc2c(c1)C1(CCN(C(=O)Cc3cccc(C(F)(F)F)c3)CC1)CO2. The Balaban J connectivity index is 1.43. The Morgan fingerprint density at radius 1 is 1.10 bits per heavy atom. The molecule has 4 rings (SSSR count). The summed E-state index contributed by atoms with van der Waals surface area (Å²) in [6.07, 6.45) is -2.90. The van der Waals surface area contributed by atoms with Gasteiger partial charge in [0, 0.05) is 30.6 Å². The number of amides is 1. The molecule has 2 heterocycles. The lowest BCUT2D eigenvalue weighted by Crippen LogP contribution is -2.46. The van der Waals surface area contributed by atoms with Crippen molar-refractivity contribution in [1.29, 1.82) is 0 Å². The average Bonchev–Trinajstić information content (AvgIpc) is 3.05. The Labute approximate surface area is 167 Å². The summed E-state index contributed by atoms with van der Waals surface area (Å²) in [5.74, 6) is 0.736. The first kappa shape index (κ1) is 19.8. The summed E-state index contributed by atoms with van der Waals surface area (Å²) in [5.41, 5.74) is 7.52. The molecule has 0 radical (unpaired) electrons. The minimum Gasteiger partial charge on any atom is -0.492 e. The van der Waals surface area contributed by atoms with E-state index in [1.807, 2.05) is 12.1 Å². The van der Waals surface area contributed by atoms with Crippen molar-refractivity contribution in [3.63, 3.8) is 0 Å². The number of ether oxygens (including phenoxy) is 1. The minimum absolute atomic E-state index is 0.0265. The standard InChI is InChI=1S/C22H23F3N2O2/c23-22(24,25)17-3-1-2-15(10-17)12-20(28)27-8-6-21(7-9-27)14-29-19-5-4-16(13-26)11-18(19)21/h1-5,10-11H,6-9,12-14,26H2. The molecule has 0 saturated carbocycles. The fourth-order valence-corrected chi connectivity index (χ4v) is 4.28. The lowest BCUT2D eigenvalue weighted by Gasteiger charge is -2.38. The highest BCUT2D eigenvalue weighted by atomic mass is 19.4. The van der Waals surface area contributed by atoms with Crippen LogP contribution in [0, 0.1) is 0 Å². The molecular formula is C22H23F3N2O2. The largest absolute Gasteiger partial charge is 0.492 e. The monoisotopic (exact) mass is 404 g/mol. The van der Waals surface area contributed by atoms with E-state index < -0.39 is 11.7 Å². The van der Waals surface area contributed by atoms with Gasteiger partial charge in [-0.3, -0.25) is 4.79 Å². The van der Waals surface area contributed by atoms with Gasteiger partial charge in [-0.25, -0.2) is 0 Å². The molecule has 1 fully saturated rings. The summed E-state index contributed by atoms with van der Waals surface area (Å²) in [6.45, 7) is 2.18. The molecule has 0 bridgehead atoms. The van der Waals surface area contributed by atoms with Crippen molar-refractivity contribution in [3.8, 4) is 5.75 Å². The molecule has 0 unspecified atom stereocenters. The maximum Gasteiger partial charge on any atom is 0.416 e. The van der Waals surface area contributed by atoms with E-state index in [9.17, 15) is 18.0 Å². The number of alkyl halides is 3. The number of likely N-dealkylation sites (tertiary alicyclic amines) is 1. The van der Waals surface area contributed by atoms with Crippen LogP contribution in [0.1, 0.15) is 35.1 Å². The first-order valence-corrected chi connectivity index (χ1v) is 9.71. The Hall–Kier alpha value is -2.54. The fourth-order valence-electron chi connectivity index (χ4n) is 4.28. The van der Waals surface area contributed by atoms with E-state index in [1.54, 1.807) is 11.0 Å². The summed E-state index contributed by atoms with van der Waals surface area (Å²) in [4.78, 5) is 14.4. The van der Waals surface area contributed by atoms with Crippen molar-refractivity contribution in [2.45, 2.75) is 37.4 Å². The van der Waals surface area contributed by atoms with Crippen molar-refractivity contribution in [2.24, 2.45) is 5.73 Å². The van der Waals surface area contributed by atoms with Crippen LogP contribution in [0.25, 0.3) is 0 Å². The second-order valence-corrected chi connectivity index (χ2v) is 7.86. The molecule has 1 amide bonds. The minimum atomic E-state index is -4.41. The molecule has 4 nitrogen and oxygen atoms in total. The number of nitrogens with zero attached hydrogens (tertiary/aromatic N) is 1. The maximum atomic E-state index is 12.9. The third-order valence-electron chi connectivity index (χ3n) is 6.04. The summed E-state index contributed by atoms with van der Waals surface area (Å²) in [6, 6.07) is 11.0. The number of hydrogen-bond donors (Lipinski definition) is 1. The quantitative estimate of drug-likeness (QED) is 0.850. The van der Waals surface area contributed by atoms with Crippen LogP contribution in [-0.2, 0) is 29.4 Å². The summed E-state index contributed by atoms with van der Waals surface area (Å²) in [5, 5.41) is 0. The summed E-state index contributed by atoms with van der Waals surface area (Å²) in [7, 11) is 0. The van der Waals surface area contributed by atoms with Gasteiger partial charge in [-0.1, -0.05) is 30.3 Å². The lowest BCUT2D eigenvalue weighted by atomic mass is 9.74. The van der Waals surface area contributed by atoms with Crippen molar-refractivity contribution in [1.82, 2.24) is 4.90 Å². The molecule has 0 atom stereocenters. The molecule has 0 aliphatic carbocycles. The van der Waals surface area contributed by atoms with E-state index >= 15 is 0 Å². The number of rotatable bonds is 3. The van der Waals surface area contributed by atoms with Gasteiger partial charge in [-0.15, -0.1) is 0 Å². The predicted octanol–water partition coefficient (Wildman–Crippen LogP) is 3.66. The molecule has 154 valence electrons. The molecular weight excluding hydrogens is 381 g/mol. The van der Waals surface area contributed by atoms with E-state index in [4.69, 9.17) is 10.5 Å². The third kappa shape index (κ3) is 3.83. The van der Waals surface area contributed by atoms with Gasteiger partial charge in [0.1, 0.15) is 5.75 Å². The zero-order chi connectivity index (χ0) is 20.6. The van der Waals surface area contributed by atoms with Gasteiger partial charge < -0.3 is 15.4 Å². The van der Waals surface area contributed by atoms with Crippen molar-refractivity contribution in [3.05, 3.63) is 64.7 Å². The molecule has 7 heteroatoms. The highest BCUT2D eigenvalue weighted by molar-refractivity contribution is 5.79. The van der Waals surface area contributed by atoms with Crippen LogP contribution in [0.4, 0.5) is 13.2 Å². The third-order valence-corrected chi connectivity index (χ3v) is 6.04. The summed E-state index contributed by atoms with van der Waals surface area (Å²) >= 11 is 0. The van der Waals surface area contributed by atoms with Crippen molar-refractivity contribution < 1.29 is 22.7 Å². The van der Waals surface area contributed by atoms with Crippen LogP contribution < -0.4 is 10.5 Å². The first-order chi connectivity index (χ1) is 13.8.